The summed E-state index contributed by atoms with van der Waals surface area (Å²) in [5.41, 5.74) is 1.84. The first-order chi connectivity index (χ1) is 10.6. The zero-order chi connectivity index (χ0) is 15.7. The zero-order valence-corrected chi connectivity index (χ0v) is 12.9. The Morgan fingerprint density at radius 3 is 2.91 bits per heavy atom. The van der Waals surface area contributed by atoms with Gasteiger partial charge in [0, 0.05) is 22.7 Å². The number of hydrogen-bond acceptors (Lipinski definition) is 3. The van der Waals surface area contributed by atoms with Crippen molar-refractivity contribution in [1.29, 1.82) is 0 Å². The molecule has 22 heavy (non-hydrogen) atoms. The van der Waals surface area contributed by atoms with E-state index in [0.717, 1.165) is 5.69 Å². The minimum Gasteiger partial charge on any atom is -0.490 e. The Bertz CT molecular complexity index is 712. The molecule has 0 atom stereocenters. The first-order valence-electron chi connectivity index (χ1n) is 7.02. The fraction of sp³-hybridized carbons (Fsp3) is 0.235. The molecule has 0 bridgehead atoms. The predicted molar refractivity (Wildman–Crippen MR) is 84.4 cm³/mol. The second-order valence-electron chi connectivity index (χ2n) is 5.21. The van der Waals surface area contributed by atoms with E-state index >= 15 is 0 Å². The van der Waals surface area contributed by atoms with Gasteiger partial charge in [0.05, 0.1) is 12.2 Å². The summed E-state index contributed by atoms with van der Waals surface area (Å²) in [7, 11) is 0. The molecular formula is C17H15ClFNO2. The van der Waals surface area contributed by atoms with Gasteiger partial charge in [0.15, 0.2) is 5.78 Å². The monoisotopic (exact) mass is 319 g/mol. The molecule has 0 saturated carbocycles. The highest BCUT2D eigenvalue weighted by molar-refractivity contribution is 6.31. The minimum absolute atomic E-state index is 0.0164. The molecule has 0 aromatic heterocycles. The molecule has 0 unspecified atom stereocenters. The molecule has 2 aromatic carbocycles. The van der Waals surface area contributed by atoms with E-state index in [1.807, 2.05) is 4.90 Å². The van der Waals surface area contributed by atoms with Crippen molar-refractivity contribution in [2.45, 2.75) is 13.5 Å². The van der Waals surface area contributed by atoms with Crippen molar-refractivity contribution in [3.8, 4) is 5.75 Å². The lowest BCUT2D eigenvalue weighted by molar-refractivity contribution is 0.101. The molecule has 5 heteroatoms. The lowest BCUT2D eigenvalue weighted by Gasteiger charge is -2.32. The summed E-state index contributed by atoms with van der Waals surface area (Å²) in [6.07, 6.45) is 0. The second kappa shape index (κ2) is 5.97. The molecule has 0 fully saturated rings. The Labute approximate surface area is 133 Å². The maximum absolute atomic E-state index is 14.0. The lowest BCUT2D eigenvalue weighted by Crippen LogP contribution is -2.32. The van der Waals surface area contributed by atoms with Crippen LogP contribution in [0.4, 0.5) is 10.1 Å². The van der Waals surface area contributed by atoms with E-state index in [-0.39, 0.29) is 11.6 Å². The van der Waals surface area contributed by atoms with E-state index in [4.69, 9.17) is 16.3 Å². The molecule has 1 aliphatic rings. The summed E-state index contributed by atoms with van der Waals surface area (Å²) in [5.74, 6) is 0.351. The fourth-order valence-electron chi connectivity index (χ4n) is 2.53. The number of benzene rings is 2. The standard InChI is InChI=1S/C17H15ClFNO2/c1-11(21)12-5-6-17-16(9-12)20(7-8-22-17)10-13-14(18)3-2-4-15(13)19/h2-6,9H,7-8,10H2,1H3. The van der Waals surface area contributed by atoms with Crippen LogP contribution in [-0.4, -0.2) is 18.9 Å². The lowest BCUT2D eigenvalue weighted by atomic mass is 10.1. The summed E-state index contributed by atoms with van der Waals surface area (Å²) in [6.45, 7) is 2.98. The van der Waals surface area contributed by atoms with Crippen LogP contribution < -0.4 is 9.64 Å². The van der Waals surface area contributed by atoms with E-state index in [2.05, 4.69) is 0 Å². The van der Waals surface area contributed by atoms with Crippen LogP contribution in [0.2, 0.25) is 5.02 Å². The van der Waals surface area contributed by atoms with Gasteiger partial charge in [-0.05, 0) is 37.3 Å². The van der Waals surface area contributed by atoms with Gasteiger partial charge >= 0.3 is 0 Å². The number of ether oxygens (including phenoxy) is 1. The summed E-state index contributed by atoms with van der Waals surface area (Å²) in [4.78, 5) is 13.5. The van der Waals surface area contributed by atoms with Crippen molar-refractivity contribution in [3.05, 3.63) is 58.4 Å². The van der Waals surface area contributed by atoms with E-state index in [9.17, 15) is 9.18 Å². The van der Waals surface area contributed by atoms with Crippen molar-refractivity contribution < 1.29 is 13.9 Å². The number of anilines is 1. The van der Waals surface area contributed by atoms with Crippen LogP contribution in [0.1, 0.15) is 22.8 Å². The van der Waals surface area contributed by atoms with Crippen LogP contribution in [0.25, 0.3) is 0 Å². The highest BCUT2D eigenvalue weighted by Gasteiger charge is 2.21. The Balaban J connectivity index is 1.97. The molecule has 0 radical (unpaired) electrons. The van der Waals surface area contributed by atoms with Crippen molar-refractivity contribution in [2.24, 2.45) is 0 Å². The molecule has 0 N–H and O–H groups in total. The summed E-state index contributed by atoms with van der Waals surface area (Å²) in [5, 5.41) is 0.399. The first-order valence-corrected chi connectivity index (χ1v) is 7.39. The Morgan fingerprint density at radius 1 is 1.36 bits per heavy atom. The predicted octanol–water partition coefficient (Wildman–Crippen LogP) is 4.08. The molecule has 3 rings (SSSR count). The van der Waals surface area contributed by atoms with Crippen molar-refractivity contribution in [2.75, 3.05) is 18.1 Å². The highest BCUT2D eigenvalue weighted by Crippen LogP contribution is 2.34. The third kappa shape index (κ3) is 2.79. The number of rotatable bonds is 3. The van der Waals surface area contributed by atoms with Gasteiger partial charge in [0.25, 0.3) is 0 Å². The van der Waals surface area contributed by atoms with Gasteiger partial charge in [-0.15, -0.1) is 0 Å². The topological polar surface area (TPSA) is 29.5 Å². The van der Waals surface area contributed by atoms with E-state index in [1.54, 1.807) is 30.3 Å². The second-order valence-corrected chi connectivity index (χ2v) is 5.62. The largest absolute Gasteiger partial charge is 0.490 e. The molecule has 1 aliphatic heterocycles. The number of fused-ring (bicyclic) bond motifs is 1. The molecule has 0 aliphatic carbocycles. The van der Waals surface area contributed by atoms with Crippen molar-refractivity contribution >= 4 is 23.1 Å². The van der Waals surface area contributed by atoms with Crippen LogP contribution >= 0.6 is 11.6 Å². The normalized spacial score (nSPS) is 13.5. The molecule has 3 nitrogen and oxygen atoms in total. The number of ketones is 1. The Hall–Kier alpha value is -2.07. The van der Waals surface area contributed by atoms with Crippen LogP contribution in [-0.2, 0) is 6.54 Å². The maximum Gasteiger partial charge on any atom is 0.159 e. The SMILES string of the molecule is CC(=O)c1ccc2c(c1)N(Cc1c(F)cccc1Cl)CCO2. The van der Waals surface area contributed by atoms with Gasteiger partial charge in [0.2, 0.25) is 0 Å². The van der Waals surface area contributed by atoms with Crippen LogP contribution in [0, 0.1) is 5.82 Å². The van der Waals surface area contributed by atoms with E-state index < -0.39 is 0 Å². The summed E-state index contributed by atoms with van der Waals surface area (Å²) in [6, 6.07) is 9.96. The molecule has 0 amide bonds. The highest BCUT2D eigenvalue weighted by atomic mass is 35.5. The number of carbonyl (C=O) groups excluding carboxylic acids is 1. The fourth-order valence-corrected chi connectivity index (χ4v) is 2.75. The van der Waals surface area contributed by atoms with E-state index in [1.165, 1.54) is 13.0 Å². The zero-order valence-electron chi connectivity index (χ0n) is 12.1. The number of carbonyl (C=O) groups is 1. The van der Waals surface area contributed by atoms with Crippen molar-refractivity contribution in [1.82, 2.24) is 0 Å². The molecule has 1 heterocycles. The summed E-state index contributed by atoms with van der Waals surface area (Å²) >= 11 is 6.11. The molecule has 114 valence electrons. The van der Waals surface area contributed by atoms with Gasteiger partial charge in [-0.1, -0.05) is 17.7 Å². The number of Topliss-reactive ketones (excluding diaryl/α,β-unsaturated/α-hetero) is 1. The molecule has 2 aromatic rings. The minimum atomic E-state index is -0.330. The van der Waals surface area contributed by atoms with Gasteiger partial charge in [0.1, 0.15) is 18.2 Å². The molecule has 0 spiro atoms. The van der Waals surface area contributed by atoms with Crippen LogP contribution in [0.3, 0.4) is 0 Å². The van der Waals surface area contributed by atoms with Gasteiger partial charge < -0.3 is 9.64 Å². The van der Waals surface area contributed by atoms with Crippen molar-refractivity contribution in [3.63, 3.8) is 0 Å². The van der Waals surface area contributed by atoms with Gasteiger partial charge in [-0.25, -0.2) is 4.39 Å². The third-order valence-corrected chi connectivity index (χ3v) is 4.09. The summed E-state index contributed by atoms with van der Waals surface area (Å²) < 4.78 is 19.6. The molecular weight excluding hydrogens is 305 g/mol. The third-order valence-electron chi connectivity index (χ3n) is 3.74. The first kappa shape index (κ1) is 14.9. The number of nitrogens with zero attached hydrogens (tertiary/aromatic N) is 1. The van der Waals surface area contributed by atoms with Crippen LogP contribution in [0.15, 0.2) is 36.4 Å². The average molecular weight is 320 g/mol. The quantitative estimate of drug-likeness (QED) is 0.798. The van der Waals surface area contributed by atoms with Crippen LogP contribution in [0.5, 0.6) is 5.75 Å². The molecule has 0 saturated heterocycles. The maximum atomic E-state index is 14.0. The van der Waals surface area contributed by atoms with Gasteiger partial charge in [-0.2, -0.15) is 0 Å². The smallest absolute Gasteiger partial charge is 0.159 e. The Morgan fingerprint density at radius 2 is 2.18 bits per heavy atom. The number of hydrogen-bond donors (Lipinski definition) is 0. The number of halogens is 2. The van der Waals surface area contributed by atoms with Gasteiger partial charge in [-0.3, -0.25) is 4.79 Å². The Kier molecular flexibility index (Phi) is 4.03. The average Bonchev–Trinajstić information content (AvgIpc) is 2.50. The van der Waals surface area contributed by atoms with E-state index in [0.29, 0.717) is 41.6 Å².